The molecule has 0 aliphatic heterocycles. The van der Waals surface area contributed by atoms with Crippen molar-refractivity contribution >= 4 is 23.4 Å². The molecular formula is C15H20FN3OS. The van der Waals surface area contributed by atoms with Crippen LogP contribution in [0.25, 0.3) is 0 Å². The van der Waals surface area contributed by atoms with Crippen LogP contribution in [0.4, 0.5) is 10.1 Å². The number of carbonyl (C=O) groups excluding carboxylic acids is 1. The number of nitrogen functional groups attached to an aromatic ring is 1. The van der Waals surface area contributed by atoms with Gasteiger partial charge in [0.1, 0.15) is 10.9 Å². The molecule has 1 aromatic rings. The van der Waals surface area contributed by atoms with E-state index in [-0.39, 0.29) is 23.6 Å². The molecule has 0 radical (unpaired) electrons. The van der Waals surface area contributed by atoms with E-state index >= 15 is 0 Å². The van der Waals surface area contributed by atoms with E-state index in [0.717, 1.165) is 0 Å². The summed E-state index contributed by atoms with van der Waals surface area (Å²) in [5.41, 5.74) is 7.10. The number of hydrogen-bond donors (Lipinski definition) is 1. The van der Waals surface area contributed by atoms with Crippen molar-refractivity contribution in [3.8, 4) is 0 Å². The van der Waals surface area contributed by atoms with E-state index in [1.165, 1.54) is 22.7 Å². The number of thioether (sulfide) groups is 1. The predicted molar refractivity (Wildman–Crippen MR) is 83.8 cm³/mol. The topological polar surface area (TPSA) is 59.2 Å². The molecule has 1 heterocycles. The average molecular weight is 309 g/mol. The van der Waals surface area contributed by atoms with E-state index in [2.05, 4.69) is 4.98 Å². The average Bonchev–Trinajstić information content (AvgIpc) is 2.47. The Morgan fingerprint density at radius 1 is 1.43 bits per heavy atom. The maximum Gasteiger partial charge on any atom is 0.229 e. The predicted octanol–water partition coefficient (Wildman–Crippen LogP) is 2.82. The number of aromatic nitrogens is 1. The van der Waals surface area contributed by atoms with E-state index in [1.54, 1.807) is 26.2 Å². The molecule has 0 bridgehead atoms. The van der Waals surface area contributed by atoms with Crippen molar-refractivity contribution in [2.45, 2.75) is 23.8 Å². The van der Waals surface area contributed by atoms with Gasteiger partial charge in [0.2, 0.25) is 5.91 Å². The summed E-state index contributed by atoms with van der Waals surface area (Å²) in [5, 5.41) is 0.715. The molecule has 21 heavy (non-hydrogen) atoms. The van der Waals surface area contributed by atoms with Crippen LogP contribution in [0.2, 0.25) is 0 Å². The fourth-order valence-electron chi connectivity index (χ4n) is 2.51. The van der Waals surface area contributed by atoms with Gasteiger partial charge in [-0.1, -0.05) is 0 Å². The number of hydrogen-bond acceptors (Lipinski definition) is 4. The minimum atomic E-state index is -0.372. The van der Waals surface area contributed by atoms with Crippen molar-refractivity contribution < 1.29 is 9.18 Å². The van der Waals surface area contributed by atoms with Crippen molar-refractivity contribution in [2.24, 2.45) is 5.92 Å². The Hall–Kier alpha value is -1.56. The number of nitrogens with two attached hydrogens (primary N) is 1. The Balaban J connectivity index is 2.24. The Labute approximate surface area is 128 Å². The zero-order chi connectivity index (χ0) is 15.6. The zero-order valence-corrected chi connectivity index (χ0v) is 13.3. The van der Waals surface area contributed by atoms with Crippen LogP contribution in [-0.4, -0.2) is 36.1 Å². The number of pyridine rings is 1. The second-order valence-corrected chi connectivity index (χ2v) is 6.15. The van der Waals surface area contributed by atoms with Gasteiger partial charge in [-0.3, -0.25) is 4.79 Å². The highest BCUT2D eigenvalue weighted by Gasteiger charge is 2.30. The molecule has 6 heteroatoms. The monoisotopic (exact) mass is 309 g/mol. The summed E-state index contributed by atoms with van der Waals surface area (Å²) in [5.74, 6) is -1.07. The maximum atomic E-state index is 14.4. The third kappa shape index (κ3) is 3.37. The molecule has 0 saturated heterocycles. The Kier molecular flexibility index (Phi) is 4.88. The van der Waals surface area contributed by atoms with Gasteiger partial charge in [0.15, 0.2) is 0 Å². The molecule has 0 saturated carbocycles. The largest absolute Gasteiger partial charge is 0.397 e. The fourth-order valence-corrected chi connectivity index (χ4v) is 3.01. The highest BCUT2D eigenvalue weighted by molar-refractivity contribution is 7.98. The number of carbonyl (C=O) groups is 1. The summed E-state index contributed by atoms with van der Waals surface area (Å²) >= 11 is 1.45. The SMILES string of the molecule is CSc1nc(C2CCC(C(=O)N(C)C)C=C2F)ccc1N. The Morgan fingerprint density at radius 2 is 2.14 bits per heavy atom. The van der Waals surface area contributed by atoms with Gasteiger partial charge < -0.3 is 10.6 Å². The lowest BCUT2D eigenvalue weighted by Crippen LogP contribution is -2.30. The van der Waals surface area contributed by atoms with Gasteiger partial charge in [-0.05, 0) is 37.3 Å². The molecule has 4 nitrogen and oxygen atoms in total. The molecule has 114 valence electrons. The summed E-state index contributed by atoms with van der Waals surface area (Å²) in [7, 11) is 3.37. The van der Waals surface area contributed by atoms with Crippen LogP contribution in [0, 0.1) is 5.92 Å². The molecule has 0 fully saturated rings. The molecule has 0 spiro atoms. The van der Waals surface area contributed by atoms with Crippen LogP contribution >= 0.6 is 11.8 Å². The van der Waals surface area contributed by atoms with E-state index in [9.17, 15) is 9.18 Å². The minimum Gasteiger partial charge on any atom is -0.397 e. The van der Waals surface area contributed by atoms with Crippen molar-refractivity contribution in [1.82, 2.24) is 9.88 Å². The van der Waals surface area contributed by atoms with Gasteiger partial charge in [-0.25, -0.2) is 9.37 Å². The number of halogens is 1. The lowest BCUT2D eigenvalue weighted by atomic mass is 9.85. The van der Waals surface area contributed by atoms with E-state index in [1.807, 2.05) is 6.26 Å². The summed E-state index contributed by atoms with van der Waals surface area (Å²) in [6.07, 6.45) is 4.54. The molecular weight excluding hydrogens is 289 g/mol. The highest BCUT2D eigenvalue weighted by Crippen LogP contribution is 2.37. The molecule has 2 unspecified atom stereocenters. The van der Waals surface area contributed by atoms with Gasteiger partial charge in [-0.2, -0.15) is 0 Å². The summed E-state index contributed by atoms with van der Waals surface area (Å²) < 4.78 is 14.4. The van der Waals surface area contributed by atoms with E-state index < -0.39 is 0 Å². The van der Waals surface area contributed by atoms with Gasteiger partial charge in [0, 0.05) is 14.1 Å². The molecule has 2 atom stereocenters. The van der Waals surface area contributed by atoms with Crippen LogP contribution in [0.15, 0.2) is 29.1 Å². The summed E-state index contributed by atoms with van der Waals surface area (Å²) in [4.78, 5) is 17.8. The first-order valence-corrected chi connectivity index (χ1v) is 8.05. The van der Waals surface area contributed by atoms with Crippen LogP contribution in [-0.2, 0) is 4.79 Å². The molecule has 1 aliphatic rings. The van der Waals surface area contributed by atoms with Crippen molar-refractivity contribution in [3.63, 3.8) is 0 Å². The van der Waals surface area contributed by atoms with E-state index in [0.29, 0.717) is 29.2 Å². The second-order valence-electron chi connectivity index (χ2n) is 5.36. The third-order valence-corrected chi connectivity index (χ3v) is 4.39. The second kappa shape index (κ2) is 6.47. The Morgan fingerprint density at radius 3 is 2.71 bits per heavy atom. The first-order chi connectivity index (χ1) is 9.93. The van der Waals surface area contributed by atoms with Gasteiger partial charge in [0.05, 0.1) is 23.2 Å². The van der Waals surface area contributed by atoms with Crippen LogP contribution in [0.5, 0.6) is 0 Å². The molecule has 1 amide bonds. The fraction of sp³-hybridized carbons (Fsp3) is 0.467. The maximum absolute atomic E-state index is 14.4. The first-order valence-electron chi connectivity index (χ1n) is 6.82. The minimum absolute atomic E-state index is 0.0568. The number of allylic oxidation sites excluding steroid dienone is 1. The van der Waals surface area contributed by atoms with Crippen LogP contribution in [0.1, 0.15) is 24.5 Å². The molecule has 1 aromatic heterocycles. The van der Waals surface area contributed by atoms with Crippen molar-refractivity contribution in [1.29, 1.82) is 0 Å². The lowest BCUT2D eigenvalue weighted by Gasteiger charge is -2.26. The smallest absolute Gasteiger partial charge is 0.229 e. The number of amides is 1. The van der Waals surface area contributed by atoms with Crippen LogP contribution < -0.4 is 5.73 Å². The number of anilines is 1. The molecule has 0 aromatic carbocycles. The van der Waals surface area contributed by atoms with Crippen molar-refractivity contribution in [2.75, 3.05) is 26.1 Å². The summed E-state index contributed by atoms with van der Waals surface area (Å²) in [6.45, 7) is 0. The number of nitrogens with zero attached hydrogens (tertiary/aromatic N) is 2. The first kappa shape index (κ1) is 15.8. The zero-order valence-electron chi connectivity index (χ0n) is 12.5. The van der Waals surface area contributed by atoms with Gasteiger partial charge >= 0.3 is 0 Å². The lowest BCUT2D eigenvalue weighted by molar-refractivity contribution is -0.131. The molecule has 1 aliphatic carbocycles. The molecule has 2 rings (SSSR count). The van der Waals surface area contributed by atoms with Gasteiger partial charge in [-0.15, -0.1) is 11.8 Å². The standard InChI is InChI=1S/C15H20FN3OS/c1-19(2)15(20)9-4-5-10(11(16)8-9)13-7-6-12(17)14(18-13)21-3/h6-10H,4-5,17H2,1-3H3. The third-order valence-electron chi connectivity index (χ3n) is 3.68. The van der Waals surface area contributed by atoms with Crippen molar-refractivity contribution in [3.05, 3.63) is 29.7 Å². The van der Waals surface area contributed by atoms with E-state index in [4.69, 9.17) is 5.73 Å². The normalized spacial score (nSPS) is 21.8. The highest BCUT2D eigenvalue weighted by atomic mass is 32.2. The molecule has 2 N–H and O–H groups in total. The van der Waals surface area contributed by atoms with Crippen LogP contribution in [0.3, 0.4) is 0 Å². The van der Waals surface area contributed by atoms with Gasteiger partial charge in [0.25, 0.3) is 0 Å². The number of rotatable bonds is 3. The summed E-state index contributed by atoms with van der Waals surface area (Å²) in [6, 6.07) is 3.53. The quantitative estimate of drug-likeness (QED) is 0.872. The Bertz CT molecular complexity index is 574.